The van der Waals surface area contributed by atoms with Crippen molar-refractivity contribution in [3.63, 3.8) is 0 Å². The highest BCUT2D eigenvalue weighted by atomic mass is 35.5. The van der Waals surface area contributed by atoms with Crippen molar-refractivity contribution in [2.45, 2.75) is 25.4 Å². The molecule has 12 heteroatoms. The number of amides is 2. The number of likely N-dealkylation sites (tertiary alicyclic amines) is 1. The van der Waals surface area contributed by atoms with Crippen LogP contribution in [-0.2, 0) is 20.8 Å². The van der Waals surface area contributed by atoms with Crippen molar-refractivity contribution in [2.75, 3.05) is 12.4 Å². The van der Waals surface area contributed by atoms with E-state index in [0.717, 1.165) is 5.56 Å². The molecule has 4 rings (SSSR count). The Bertz CT molecular complexity index is 1600. The van der Waals surface area contributed by atoms with E-state index in [1.807, 2.05) is 30.3 Å². The molecule has 3 aromatic rings. The van der Waals surface area contributed by atoms with Gasteiger partial charge in [-0.15, -0.1) is 11.6 Å². The molecule has 43 heavy (non-hydrogen) atoms. The zero-order valence-corrected chi connectivity index (χ0v) is 23.8. The van der Waals surface area contributed by atoms with Crippen LogP contribution in [0.1, 0.15) is 23.6 Å². The van der Waals surface area contributed by atoms with Crippen LogP contribution in [0.3, 0.4) is 0 Å². The zero-order chi connectivity index (χ0) is 31.1. The monoisotopic (exact) mass is 602 g/mol. The number of nitrogens with zero attached hydrogens (tertiary/aromatic N) is 3. The largest absolute Gasteiger partial charge is 0.343 e. The van der Waals surface area contributed by atoms with Gasteiger partial charge < -0.3 is 10.2 Å². The van der Waals surface area contributed by atoms with Gasteiger partial charge in [-0.2, -0.15) is 0 Å². The van der Waals surface area contributed by atoms with Crippen molar-refractivity contribution in [1.82, 2.24) is 10.2 Å². The number of rotatable bonds is 9. The molecule has 0 bridgehead atoms. The fourth-order valence-electron chi connectivity index (χ4n) is 4.75. The minimum Gasteiger partial charge on any atom is -0.343 e. The van der Waals surface area contributed by atoms with Crippen molar-refractivity contribution >= 4 is 52.7 Å². The van der Waals surface area contributed by atoms with Gasteiger partial charge in [0.2, 0.25) is 11.8 Å². The Morgan fingerprint density at radius 1 is 0.930 bits per heavy atom. The molecule has 0 radical (unpaired) electrons. The average Bonchev–Trinajstić information content (AvgIpc) is 3.00. The highest BCUT2D eigenvalue weighted by Crippen LogP contribution is 2.29. The van der Waals surface area contributed by atoms with E-state index in [0.29, 0.717) is 11.1 Å². The smallest absolute Gasteiger partial charge is 0.269 e. The lowest BCUT2D eigenvalue weighted by molar-refractivity contribution is -0.385. The second-order valence-corrected chi connectivity index (χ2v) is 10.1. The third-order valence-electron chi connectivity index (χ3n) is 7.00. The van der Waals surface area contributed by atoms with Gasteiger partial charge in [-0.05, 0) is 60.0 Å². The van der Waals surface area contributed by atoms with Crippen molar-refractivity contribution in [2.24, 2.45) is 0 Å². The molecule has 2 atom stereocenters. The Morgan fingerprint density at radius 3 is 1.98 bits per heavy atom. The summed E-state index contributed by atoms with van der Waals surface area (Å²) in [7, 11) is 0. The Labute approximate surface area is 251 Å². The molecule has 3 aromatic carbocycles. The molecule has 0 aromatic heterocycles. The number of alkyl halides is 1. The van der Waals surface area contributed by atoms with Gasteiger partial charge in [-0.1, -0.05) is 30.3 Å². The number of ketones is 1. The van der Waals surface area contributed by atoms with Crippen LogP contribution in [0.15, 0.2) is 90.0 Å². The van der Waals surface area contributed by atoms with Crippen LogP contribution in [0.5, 0.6) is 0 Å². The first-order chi connectivity index (χ1) is 20.6. The summed E-state index contributed by atoms with van der Waals surface area (Å²) in [6, 6.07) is 18.7. The summed E-state index contributed by atoms with van der Waals surface area (Å²) in [6.07, 6.45) is 3.32. The van der Waals surface area contributed by atoms with E-state index in [2.05, 4.69) is 5.32 Å². The van der Waals surface area contributed by atoms with Crippen LogP contribution in [0.4, 0.5) is 11.4 Å². The van der Waals surface area contributed by atoms with Crippen molar-refractivity contribution < 1.29 is 24.2 Å². The van der Waals surface area contributed by atoms with Gasteiger partial charge in [0, 0.05) is 41.8 Å². The van der Waals surface area contributed by atoms with Gasteiger partial charge in [0.05, 0.1) is 22.4 Å². The molecule has 0 saturated carbocycles. The number of hydrogen-bond acceptors (Lipinski definition) is 7. The molecule has 220 valence electrons. The maximum atomic E-state index is 14.1. The van der Waals surface area contributed by atoms with Gasteiger partial charge >= 0.3 is 0 Å². The highest BCUT2D eigenvalue weighted by molar-refractivity contribution is 6.27. The normalized spacial score (nSPS) is 17.5. The first-order valence-electron chi connectivity index (χ1n) is 13.2. The second-order valence-electron chi connectivity index (χ2n) is 9.88. The molecular formula is C31H27ClN4O7. The maximum Gasteiger partial charge on any atom is 0.269 e. The Morgan fingerprint density at radius 2 is 1.47 bits per heavy atom. The van der Waals surface area contributed by atoms with E-state index in [9.17, 15) is 34.6 Å². The third kappa shape index (κ3) is 7.57. The third-order valence-corrected chi connectivity index (χ3v) is 7.25. The molecule has 1 N–H and O–H groups in total. The summed E-state index contributed by atoms with van der Waals surface area (Å²) in [6.45, 7) is 1.61. The van der Waals surface area contributed by atoms with Crippen LogP contribution in [0.2, 0.25) is 0 Å². The van der Waals surface area contributed by atoms with Crippen LogP contribution < -0.4 is 5.32 Å². The molecular weight excluding hydrogens is 576 g/mol. The van der Waals surface area contributed by atoms with E-state index in [1.165, 1.54) is 53.4 Å². The maximum absolute atomic E-state index is 14.1. The predicted octanol–water partition coefficient (Wildman–Crippen LogP) is 4.74. The molecule has 1 heterocycles. The molecule has 1 aliphatic rings. The summed E-state index contributed by atoms with van der Waals surface area (Å²) in [4.78, 5) is 62.7. The second kappa shape index (κ2) is 13.7. The first-order valence-corrected chi connectivity index (χ1v) is 13.8. The van der Waals surface area contributed by atoms with Crippen LogP contribution >= 0.6 is 11.6 Å². The lowest BCUT2D eigenvalue weighted by Crippen LogP contribution is -2.56. The van der Waals surface area contributed by atoms with E-state index in [-0.39, 0.29) is 47.1 Å². The number of Topliss-reactive ketones (excluding diaryl/α,β-unsaturated/α-hetero) is 1. The lowest BCUT2D eigenvalue weighted by atomic mass is 9.88. The number of nitro benzene ring substituents is 2. The number of hydrogen-bond donors (Lipinski definition) is 1. The fraction of sp³-hybridized carbons (Fsp3) is 0.194. The molecule has 0 spiro atoms. The van der Waals surface area contributed by atoms with E-state index in [1.54, 1.807) is 19.1 Å². The zero-order valence-electron chi connectivity index (χ0n) is 23.0. The highest BCUT2D eigenvalue weighted by Gasteiger charge is 2.38. The van der Waals surface area contributed by atoms with E-state index < -0.39 is 33.7 Å². The number of carbonyl (C=O) groups is 3. The quantitative estimate of drug-likeness (QED) is 0.161. The summed E-state index contributed by atoms with van der Waals surface area (Å²) in [5.74, 6) is -1.66. The Kier molecular flexibility index (Phi) is 9.79. The number of nitro groups is 2. The van der Waals surface area contributed by atoms with Crippen molar-refractivity contribution in [1.29, 1.82) is 0 Å². The summed E-state index contributed by atoms with van der Waals surface area (Å²) in [5.41, 5.74) is 2.11. The predicted molar refractivity (Wildman–Crippen MR) is 161 cm³/mol. The SMILES string of the molecule is CC1/C(=C\c2ccc([N+](=O)[O-])cc2)C(=O)/C(=C/c2ccc([N+](=O)[O-])cc2)CN1C(=O)[C@H](Cc1ccccc1)NC(=O)CCl. The Hall–Kier alpha value is -5.16. The summed E-state index contributed by atoms with van der Waals surface area (Å²) in [5, 5.41) is 24.9. The molecule has 11 nitrogen and oxygen atoms in total. The topological polar surface area (TPSA) is 153 Å². The van der Waals surface area contributed by atoms with E-state index in [4.69, 9.17) is 11.6 Å². The number of benzene rings is 3. The fourth-order valence-corrected chi connectivity index (χ4v) is 4.83. The minimum absolute atomic E-state index is 0.0878. The number of piperidine rings is 1. The standard InChI is InChI=1S/C31H27ClN4O7/c1-20-27(16-23-9-13-26(14-10-23)36(42)43)30(38)24(15-22-7-11-25(12-8-22)35(40)41)19-34(20)31(39)28(33-29(37)18-32)17-21-5-3-2-4-6-21/h2-16,20,28H,17-19H2,1H3,(H,33,37)/b24-15+,27-16+/t20?,28-/m0/s1. The van der Waals surface area contributed by atoms with Crippen molar-refractivity contribution in [3.8, 4) is 0 Å². The van der Waals surface area contributed by atoms with Gasteiger partial charge in [0.25, 0.3) is 11.4 Å². The summed E-state index contributed by atoms with van der Waals surface area (Å²) >= 11 is 5.74. The van der Waals surface area contributed by atoms with Crippen molar-refractivity contribution in [3.05, 3.63) is 127 Å². The van der Waals surface area contributed by atoms with Gasteiger partial charge in [-0.3, -0.25) is 34.6 Å². The molecule has 1 fully saturated rings. The molecule has 0 aliphatic carbocycles. The summed E-state index contributed by atoms with van der Waals surface area (Å²) < 4.78 is 0. The van der Waals surface area contributed by atoms with Crippen LogP contribution in [0, 0.1) is 20.2 Å². The van der Waals surface area contributed by atoms with E-state index >= 15 is 0 Å². The lowest BCUT2D eigenvalue weighted by Gasteiger charge is -2.38. The number of non-ortho nitro benzene ring substituents is 2. The van der Waals surface area contributed by atoms with Gasteiger partial charge in [-0.25, -0.2) is 0 Å². The molecule has 1 aliphatic heterocycles. The molecule has 2 amide bonds. The van der Waals surface area contributed by atoms with Crippen LogP contribution in [0.25, 0.3) is 12.2 Å². The number of carbonyl (C=O) groups excluding carboxylic acids is 3. The first kappa shape index (κ1) is 30.8. The number of halogens is 1. The molecule has 1 unspecified atom stereocenters. The molecule has 1 saturated heterocycles. The minimum atomic E-state index is -0.981. The average molecular weight is 603 g/mol. The Balaban J connectivity index is 1.76. The van der Waals surface area contributed by atoms with Gasteiger partial charge in [0.1, 0.15) is 11.9 Å². The number of nitrogens with one attached hydrogen (secondary N) is 1. The van der Waals surface area contributed by atoms with Gasteiger partial charge in [0.15, 0.2) is 5.78 Å². The van der Waals surface area contributed by atoms with Crippen LogP contribution in [-0.4, -0.2) is 56.9 Å².